The molecule has 0 radical (unpaired) electrons. The van der Waals surface area contributed by atoms with Crippen molar-refractivity contribution in [3.05, 3.63) is 24.0 Å². The van der Waals surface area contributed by atoms with Gasteiger partial charge >= 0.3 is 0 Å². The maximum absolute atomic E-state index is 9.23. The Bertz CT molecular complexity index is 267. The lowest BCUT2D eigenvalue weighted by atomic mass is 10.3. The molecule has 11 heavy (non-hydrogen) atoms. The largest absolute Gasteiger partial charge is 0.387 e. The van der Waals surface area contributed by atoms with Gasteiger partial charge in [-0.25, -0.2) is 0 Å². The maximum Gasteiger partial charge on any atom is 0.0912 e. The van der Waals surface area contributed by atoms with Crippen LogP contribution in [0.25, 0.3) is 0 Å². The summed E-state index contributed by atoms with van der Waals surface area (Å²) in [7, 11) is 0. The molecule has 1 unspecified atom stereocenters. The molecule has 1 heterocycles. The molecule has 58 valence electrons. The topological polar surface area (TPSA) is 25.2 Å². The fourth-order valence-electron chi connectivity index (χ4n) is 1.05. The first kappa shape index (κ1) is 7.90. The minimum atomic E-state index is -0.446. The number of terminal acetylenes is 1. The van der Waals surface area contributed by atoms with Gasteiger partial charge in [0.25, 0.3) is 0 Å². The molecular formula is C9H11NO. The average Bonchev–Trinajstić information content (AvgIpc) is 2.36. The van der Waals surface area contributed by atoms with Crippen molar-refractivity contribution in [2.45, 2.75) is 19.6 Å². The van der Waals surface area contributed by atoms with Gasteiger partial charge in [0.1, 0.15) is 0 Å². The summed E-state index contributed by atoms with van der Waals surface area (Å²) >= 11 is 0. The standard InChI is InChI=1S/C9H11NO/c1-3-6-10-7-4-5-9(10)8(2)11/h1,4-5,7-8,11H,6H2,2H3. The predicted molar refractivity (Wildman–Crippen MR) is 43.9 cm³/mol. The van der Waals surface area contributed by atoms with Crippen molar-refractivity contribution >= 4 is 0 Å². The van der Waals surface area contributed by atoms with Gasteiger partial charge in [-0.3, -0.25) is 0 Å². The van der Waals surface area contributed by atoms with Crippen LogP contribution in [0.15, 0.2) is 18.3 Å². The second-order valence-corrected chi connectivity index (χ2v) is 2.44. The second kappa shape index (κ2) is 3.27. The lowest BCUT2D eigenvalue weighted by molar-refractivity contribution is 0.190. The zero-order valence-corrected chi connectivity index (χ0v) is 6.49. The molecule has 0 amide bonds. The van der Waals surface area contributed by atoms with Crippen LogP contribution < -0.4 is 0 Å². The van der Waals surface area contributed by atoms with Crippen LogP contribution in [-0.2, 0) is 6.54 Å². The highest BCUT2D eigenvalue weighted by atomic mass is 16.3. The van der Waals surface area contributed by atoms with E-state index in [1.807, 2.05) is 22.9 Å². The van der Waals surface area contributed by atoms with Crippen molar-refractivity contribution in [1.82, 2.24) is 4.57 Å². The Morgan fingerprint density at radius 2 is 2.55 bits per heavy atom. The summed E-state index contributed by atoms with van der Waals surface area (Å²) in [6.45, 7) is 2.25. The van der Waals surface area contributed by atoms with E-state index in [0.717, 1.165) is 5.69 Å². The molecule has 0 saturated carbocycles. The lowest BCUT2D eigenvalue weighted by Crippen LogP contribution is -2.02. The zero-order chi connectivity index (χ0) is 8.27. The monoisotopic (exact) mass is 149 g/mol. The molecule has 2 heteroatoms. The van der Waals surface area contributed by atoms with Gasteiger partial charge in [0.05, 0.1) is 12.6 Å². The summed E-state index contributed by atoms with van der Waals surface area (Å²) in [4.78, 5) is 0. The van der Waals surface area contributed by atoms with Gasteiger partial charge in [0, 0.05) is 11.9 Å². The summed E-state index contributed by atoms with van der Waals surface area (Å²) in [5.74, 6) is 2.52. The predicted octanol–water partition coefficient (Wildman–Crippen LogP) is 1.17. The minimum Gasteiger partial charge on any atom is -0.387 e. The SMILES string of the molecule is C#CCn1cccc1C(C)O. The highest BCUT2D eigenvalue weighted by Gasteiger charge is 2.04. The first-order valence-corrected chi connectivity index (χ1v) is 3.52. The van der Waals surface area contributed by atoms with E-state index in [1.54, 1.807) is 6.92 Å². The number of nitrogens with zero attached hydrogens (tertiary/aromatic N) is 1. The number of rotatable bonds is 2. The van der Waals surface area contributed by atoms with Gasteiger partial charge in [0.15, 0.2) is 0 Å². The number of aliphatic hydroxyl groups excluding tert-OH is 1. The molecule has 0 aromatic carbocycles. The summed E-state index contributed by atoms with van der Waals surface area (Å²) in [5, 5.41) is 9.23. The Morgan fingerprint density at radius 3 is 3.09 bits per heavy atom. The van der Waals surface area contributed by atoms with Gasteiger partial charge in [-0.2, -0.15) is 0 Å². The molecule has 0 saturated heterocycles. The van der Waals surface area contributed by atoms with Crippen molar-refractivity contribution < 1.29 is 5.11 Å². The third kappa shape index (κ3) is 1.63. The lowest BCUT2D eigenvalue weighted by Gasteiger charge is -2.07. The molecule has 0 bridgehead atoms. The molecule has 0 aliphatic heterocycles. The smallest absolute Gasteiger partial charge is 0.0912 e. The van der Waals surface area contributed by atoms with Crippen LogP contribution in [0, 0.1) is 12.3 Å². The van der Waals surface area contributed by atoms with Crippen LogP contribution >= 0.6 is 0 Å². The number of hydrogen-bond donors (Lipinski definition) is 1. The van der Waals surface area contributed by atoms with Crippen molar-refractivity contribution in [3.63, 3.8) is 0 Å². The Hall–Kier alpha value is -1.20. The van der Waals surface area contributed by atoms with Crippen LogP contribution in [0.4, 0.5) is 0 Å². The Morgan fingerprint density at radius 1 is 1.82 bits per heavy atom. The molecule has 1 atom stereocenters. The quantitative estimate of drug-likeness (QED) is 0.627. The average molecular weight is 149 g/mol. The number of hydrogen-bond acceptors (Lipinski definition) is 1. The molecule has 2 nitrogen and oxygen atoms in total. The third-order valence-corrected chi connectivity index (χ3v) is 1.55. The number of aromatic nitrogens is 1. The second-order valence-electron chi connectivity index (χ2n) is 2.44. The van der Waals surface area contributed by atoms with Gasteiger partial charge in [-0.15, -0.1) is 6.42 Å². The Kier molecular flexibility index (Phi) is 2.35. The Labute approximate surface area is 66.5 Å². The third-order valence-electron chi connectivity index (χ3n) is 1.55. The van der Waals surface area contributed by atoms with Crippen molar-refractivity contribution in [2.75, 3.05) is 0 Å². The first-order chi connectivity index (χ1) is 5.25. The maximum atomic E-state index is 9.23. The van der Waals surface area contributed by atoms with Crippen molar-refractivity contribution in [2.24, 2.45) is 0 Å². The zero-order valence-electron chi connectivity index (χ0n) is 6.49. The van der Waals surface area contributed by atoms with Crippen LogP contribution in [0.1, 0.15) is 18.7 Å². The van der Waals surface area contributed by atoms with Crippen LogP contribution in [0.5, 0.6) is 0 Å². The van der Waals surface area contributed by atoms with Gasteiger partial charge in [-0.1, -0.05) is 5.92 Å². The summed E-state index contributed by atoms with van der Waals surface area (Å²) in [6, 6.07) is 3.74. The fourth-order valence-corrected chi connectivity index (χ4v) is 1.05. The molecule has 1 aromatic heterocycles. The summed E-state index contributed by atoms with van der Waals surface area (Å²) < 4.78 is 1.85. The van der Waals surface area contributed by atoms with E-state index < -0.39 is 6.10 Å². The van der Waals surface area contributed by atoms with E-state index in [0.29, 0.717) is 6.54 Å². The minimum absolute atomic E-state index is 0.446. The molecule has 0 aliphatic carbocycles. The Balaban J connectivity index is 2.89. The molecule has 0 spiro atoms. The van der Waals surface area contributed by atoms with Crippen molar-refractivity contribution in [1.29, 1.82) is 0 Å². The molecule has 1 aromatic rings. The molecule has 0 fully saturated rings. The van der Waals surface area contributed by atoms with Crippen LogP contribution in [-0.4, -0.2) is 9.67 Å². The normalized spacial score (nSPS) is 12.5. The van der Waals surface area contributed by atoms with Gasteiger partial charge in [0.2, 0.25) is 0 Å². The van der Waals surface area contributed by atoms with E-state index in [-0.39, 0.29) is 0 Å². The fraction of sp³-hybridized carbons (Fsp3) is 0.333. The van der Waals surface area contributed by atoms with E-state index in [2.05, 4.69) is 5.92 Å². The molecular weight excluding hydrogens is 138 g/mol. The van der Waals surface area contributed by atoms with E-state index in [1.165, 1.54) is 0 Å². The molecule has 1 N–H and O–H groups in total. The molecule has 1 rings (SSSR count). The van der Waals surface area contributed by atoms with Gasteiger partial charge < -0.3 is 9.67 Å². The highest BCUT2D eigenvalue weighted by Crippen LogP contribution is 2.11. The van der Waals surface area contributed by atoms with E-state index in [9.17, 15) is 5.11 Å². The summed E-state index contributed by atoms with van der Waals surface area (Å²) in [5.41, 5.74) is 0.864. The highest BCUT2D eigenvalue weighted by molar-refractivity contribution is 5.11. The van der Waals surface area contributed by atoms with Crippen molar-refractivity contribution in [3.8, 4) is 12.3 Å². The number of aliphatic hydroxyl groups is 1. The van der Waals surface area contributed by atoms with Crippen LogP contribution in [0.2, 0.25) is 0 Å². The van der Waals surface area contributed by atoms with E-state index in [4.69, 9.17) is 6.42 Å². The molecule has 0 aliphatic rings. The van der Waals surface area contributed by atoms with E-state index >= 15 is 0 Å². The van der Waals surface area contributed by atoms with Gasteiger partial charge in [-0.05, 0) is 19.1 Å². The van der Waals surface area contributed by atoms with Crippen LogP contribution in [0.3, 0.4) is 0 Å². The summed E-state index contributed by atoms with van der Waals surface area (Å²) in [6.07, 6.45) is 6.55. The first-order valence-electron chi connectivity index (χ1n) is 3.52.